The van der Waals surface area contributed by atoms with Crippen LogP contribution in [-0.2, 0) is 22.4 Å². The summed E-state index contributed by atoms with van der Waals surface area (Å²) in [6.45, 7) is 1.23. The molecule has 5 nitrogen and oxygen atoms in total. The van der Waals surface area contributed by atoms with E-state index in [0.717, 1.165) is 29.2 Å². The number of nitrogens with one attached hydrogen (secondary N) is 1. The summed E-state index contributed by atoms with van der Waals surface area (Å²) in [6, 6.07) is 9.79. The Labute approximate surface area is 163 Å². The van der Waals surface area contributed by atoms with Gasteiger partial charge in [0.2, 0.25) is 11.8 Å². The summed E-state index contributed by atoms with van der Waals surface area (Å²) in [5.41, 5.74) is 2.16. The van der Waals surface area contributed by atoms with Crippen molar-refractivity contribution in [3.8, 4) is 0 Å². The van der Waals surface area contributed by atoms with Crippen LogP contribution in [0.15, 0.2) is 36.4 Å². The summed E-state index contributed by atoms with van der Waals surface area (Å²) < 4.78 is 0. The molecule has 1 saturated heterocycles. The van der Waals surface area contributed by atoms with Gasteiger partial charge in [0.15, 0.2) is 5.13 Å². The highest BCUT2D eigenvalue weighted by Crippen LogP contribution is 2.31. The fourth-order valence-corrected chi connectivity index (χ4v) is 4.70. The molecule has 1 aromatic heterocycles. The summed E-state index contributed by atoms with van der Waals surface area (Å²) in [5, 5.41) is 3.71. The van der Waals surface area contributed by atoms with Gasteiger partial charge in [0.25, 0.3) is 0 Å². The van der Waals surface area contributed by atoms with Crippen molar-refractivity contribution in [3.63, 3.8) is 0 Å². The molecule has 27 heavy (non-hydrogen) atoms. The largest absolute Gasteiger partial charge is 0.339 e. The van der Waals surface area contributed by atoms with Gasteiger partial charge >= 0.3 is 0 Å². The Bertz CT molecular complexity index is 830. The predicted molar refractivity (Wildman–Crippen MR) is 108 cm³/mol. The number of carbonyl (C=O) groups is 2. The minimum Gasteiger partial charge on any atom is -0.339 e. The van der Waals surface area contributed by atoms with Crippen LogP contribution >= 0.6 is 11.3 Å². The second kappa shape index (κ2) is 8.05. The number of rotatable bonds is 4. The molecule has 0 saturated carbocycles. The third-order valence-corrected chi connectivity index (χ3v) is 6.29. The Hall–Kier alpha value is -2.47. The molecule has 1 fully saturated rings. The van der Waals surface area contributed by atoms with E-state index < -0.39 is 0 Å². The summed E-state index contributed by atoms with van der Waals surface area (Å²) in [6.07, 6.45) is 8.13. The van der Waals surface area contributed by atoms with E-state index in [4.69, 9.17) is 0 Å². The van der Waals surface area contributed by atoms with Crippen molar-refractivity contribution < 1.29 is 9.59 Å². The third-order valence-electron chi connectivity index (χ3n) is 5.22. The first-order valence-corrected chi connectivity index (χ1v) is 10.3. The molecule has 2 heterocycles. The second-order valence-corrected chi connectivity index (χ2v) is 8.16. The van der Waals surface area contributed by atoms with E-state index in [1.165, 1.54) is 11.3 Å². The van der Waals surface area contributed by atoms with E-state index in [9.17, 15) is 9.59 Å². The van der Waals surface area contributed by atoms with E-state index in [1.807, 2.05) is 41.3 Å². The van der Waals surface area contributed by atoms with Gasteiger partial charge in [-0.15, -0.1) is 11.3 Å². The fourth-order valence-electron chi connectivity index (χ4n) is 3.65. The number of aryl methyl sites for hydroxylation is 2. The maximum absolute atomic E-state index is 12.5. The number of anilines is 1. The van der Waals surface area contributed by atoms with Gasteiger partial charge in [0.05, 0.1) is 5.69 Å². The lowest BCUT2D eigenvalue weighted by Gasteiger charge is -2.30. The van der Waals surface area contributed by atoms with Crippen LogP contribution in [0.25, 0.3) is 6.08 Å². The Balaban J connectivity index is 1.27. The van der Waals surface area contributed by atoms with Crippen LogP contribution in [-0.4, -0.2) is 34.8 Å². The van der Waals surface area contributed by atoms with Crippen molar-refractivity contribution >= 4 is 34.4 Å². The fraction of sp³-hybridized carbons (Fsp3) is 0.381. The molecular formula is C21H23N3O2S. The highest BCUT2D eigenvalue weighted by molar-refractivity contribution is 7.15. The Morgan fingerprint density at radius 3 is 2.67 bits per heavy atom. The normalized spacial score (nSPS) is 17.3. The first-order chi connectivity index (χ1) is 13.2. The van der Waals surface area contributed by atoms with Crippen LogP contribution in [0.5, 0.6) is 0 Å². The molecule has 0 unspecified atom stereocenters. The van der Waals surface area contributed by atoms with E-state index in [-0.39, 0.29) is 17.7 Å². The number of carbonyl (C=O) groups excluding carboxylic acids is 2. The SMILES string of the molecule is O=C(Nc1nc2c(s1)CCC2)C1CCN(C(=O)/C=C/c2ccccc2)CC1. The standard InChI is InChI=1S/C21H23N3O2S/c25-19(10-9-15-5-2-1-3-6-15)24-13-11-16(12-14-24)20(26)23-21-22-17-7-4-8-18(17)27-21/h1-3,5-6,9-10,16H,4,7-8,11-14H2,(H,22,23,26)/b10-9+. The number of hydrogen-bond acceptors (Lipinski definition) is 4. The predicted octanol–water partition coefficient (Wildman–Crippen LogP) is 3.52. The quantitative estimate of drug-likeness (QED) is 0.824. The summed E-state index contributed by atoms with van der Waals surface area (Å²) in [7, 11) is 0. The monoisotopic (exact) mass is 381 g/mol. The lowest BCUT2D eigenvalue weighted by Crippen LogP contribution is -2.40. The highest BCUT2D eigenvalue weighted by atomic mass is 32.1. The van der Waals surface area contributed by atoms with Crippen LogP contribution < -0.4 is 5.32 Å². The molecule has 2 amide bonds. The second-order valence-electron chi connectivity index (χ2n) is 7.08. The number of hydrogen-bond donors (Lipinski definition) is 1. The van der Waals surface area contributed by atoms with Gasteiger partial charge in [-0.3, -0.25) is 9.59 Å². The van der Waals surface area contributed by atoms with Gasteiger partial charge in [0, 0.05) is 30.0 Å². The first-order valence-electron chi connectivity index (χ1n) is 9.50. The molecule has 1 N–H and O–H groups in total. The smallest absolute Gasteiger partial charge is 0.246 e. The maximum Gasteiger partial charge on any atom is 0.246 e. The number of thiazole rings is 1. The molecule has 1 aliphatic carbocycles. The number of nitrogens with zero attached hydrogens (tertiary/aromatic N) is 2. The molecule has 0 radical (unpaired) electrons. The Kier molecular flexibility index (Phi) is 5.34. The zero-order chi connectivity index (χ0) is 18.6. The van der Waals surface area contributed by atoms with Crippen molar-refractivity contribution in [2.45, 2.75) is 32.1 Å². The molecule has 2 aliphatic rings. The molecule has 0 spiro atoms. The van der Waals surface area contributed by atoms with Crippen molar-refractivity contribution in [2.75, 3.05) is 18.4 Å². The van der Waals surface area contributed by atoms with Gasteiger partial charge in [-0.1, -0.05) is 30.3 Å². The minimum absolute atomic E-state index is 0.00839. The highest BCUT2D eigenvalue weighted by Gasteiger charge is 2.27. The molecule has 1 aromatic carbocycles. The third kappa shape index (κ3) is 4.27. The molecule has 1 aliphatic heterocycles. The number of fused-ring (bicyclic) bond motifs is 1. The molecule has 0 bridgehead atoms. The summed E-state index contributed by atoms with van der Waals surface area (Å²) >= 11 is 1.61. The minimum atomic E-state index is -0.0501. The first kappa shape index (κ1) is 17.9. The van der Waals surface area contributed by atoms with Gasteiger partial charge in [-0.05, 0) is 43.7 Å². The van der Waals surface area contributed by atoms with E-state index in [2.05, 4.69) is 10.3 Å². The molecule has 140 valence electrons. The zero-order valence-corrected chi connectivity index (χ0v) is 16.0. The molecule has 2 aromatic rings. The number of benzene rings is 1. The Morgan fingerprint density at radius 1 is 1.15 bits per heavy atom. The van der Waals surface area contributed by atoms with Crippen molar-refractivity contribution in [1.29, 1.82) is 0 Å². The number of amides is 2. The van der Waals surface area contributed by atoms with Crippen molar-refractivity contribution in [2.24, 2.45) is 5.92 Å². The summed E-state index contributed by atoms with van der Waals surface area (Å²) in [5.74, 6) is -0.00527. The average Bonchev–Trinajstić information content (AvgIpc) is 3.28. The number of likely N-dealkylation sites (tertiary alicyclic amines) is 1. The van der Waals surface area contributed by atoms with Gasteiger partial charge in [0.1, 0.15) is 0 Å². The molecular weight excluding hydrogens is 358 g/mol. The van der Waals surface area contributed by atoms with Crippen molar-refractivity contribution in [1.82, 2.24) is 9.88 Å². The van der Waals surface area contributed by atoms with Crippen LogP contribution in [0.2, 0.25) is 0 Å². The topological polar surface area (TPSA) is 62.3 Å². The van der Waals surface area contributed by atoms with E-state index in [0.29, 0.717) is 25.9 Å². The average molecular weight is 382 g/mol. The number of piperidine rings is 1. The lowest BCUT2D eigenvalue weighted by atomic mass is 9.96. The van der Waals surface area contributed by atoms with Crippen LogP contribution in [0.3, 0.4) is 0 Å². The van der Waals surface area contributed by atoms with Gasteiger partial charge in [-0.25, -0.2) is 4.98 Å². The maximum atomic E-state index is 12.5. The van der Waals surface area contributed by atoms with Crippen molar-refractivity contribution in [3.05, 3.63) is 52.5 Å². The molecule has 0 atom stereocenters. The van der Waals surface area contributed by atoms with Gasteiger partial charge in [-0.2, -0.15) is 0 Å². The molecule has 4 rings (SSSR count). The van der Waals surface area contributed by atoms with Gasteiger partial charge < -0.3 is 10.2 Å². The lowest BCUT2D eigenvalue weighted by molar-refractivity contribution is -0.130. The van der Waals surface area contributed by atoms with E-state index >= 15 is 0 Å². The van der Waals surface area contributed by atoms with Crippen LogP contribution in [0, 0.1) is 5.92 Å². The zero-order valence-electron chi connectivity index (χ0n) is 15.2. The number of aromatic nitrogens is 1. The Morgan fingerprint density at radius 2 is 1.93 bits per heavy atom. The van der Waals surface area contributed by atoms with Crippen LogP contribution in [0.1, 0.15) is 35.4 Å². The van der Waals surface area contributed by atoms with Crippen LogP contribution in [0.4, 0.5) is 5.13 Å². The van der Waals surface area contributed by atoms with E-state index in [1.54, 1.807) is 17.4 Å². The molecule has 6 heteroatoms. The summed E-state index contributed by atoms with van der Waals surface area (Å²) in [4.78, 5) is 32.5.